The first-order valence-corrected chi connectivity index (χ1v) is 11.7. The molecule has 3 heterocycles. The molecule has 176 valence electrons. The number of nitrogens with one attached hydrogen (secondary N) is 1. The first-order chi connectivity index (χ1) is 17.1. The van der Waals surface area contributed by atoms with Crippen LogP contribution in [0.3, 0.4) is 0 Å². The van der Waals surface area contributed by atoms with Crippen LogP contribution in [0, 0.1) is 5.82 Å². The number of rotatable bonds is 4. The third kappa shape index (κ3) is 3.54. The Morgan fingerprint density at radius 2 is 1.80 bits per heavy atom. The van der Waals surface area contributed by atoms with Crippen LogP contribution < -0.4 is 19.5 Å². The molecule has 2 aliphatic rings. The maximum absolute atomic E-state index is 13.8. The van der Waals surface area contributed by atoms with Crippen molar-refractivity contribution >= 4 is 27.6 Å². The van der Waals surface area contributed by atoms with E-state index in [9.17, 15) is 4.39 Å². The molecule has 7 nitrogen and oxygen atoms in total. The molecule has 0 bridgehead atoms. The predicted molar refractivity (Wildman–Crippen MR) is 132 cm³/mol. The average molecular weight is 535 g/mol. The van der Waals surface area contributed by atoms with E-state index >= 15 is 0 Å². The minimum Gasteiger partial charge on any atom is -0.497 e. The van der Waals surface area contributed by atoms with E-state index in [0.29, 0.717) is 17.4 Å². The number of hydrogen-bond donors (Lipinski definition) is 1. The van der Waals surface area contributed by atoms with E-state index in [-0.39, 0.29) is 11.9 Å². The summed E-state index contributed by atoms with van der Waals surface area (Å²) >= 11 is 3.60. The summed E-state index contributed by atoms with van der Waals surface area (Å²) in [5, 5.41) is 7.95. The van der Waals surface area contributed by atoms with Gasteiger partial charge in [-0.2, -0.15) is 10.1 Å². The average Bonchev–Trinajstić information content (AvgIpc) is 3.35. The Hall–Kier alpha value is -3.85. The molecule has 2 atom stereocenters. The summed E-state index contributed by atoms with van der Waals surface area (Å²) in [6.07, 6.45) is 1.04. The first-order valence-electron chi connectivity index (χ1n) is 10.9. The third-order valence-electron chi connectivity index (χ3n) is 6.29. The molecule has 6 rings (SSSR count). The Morgan fingerprint density at radius 1 is 1.00 bits per heavy atom. The zero-order valence-electron chi connectivity index (χ0n) is 18.8. The number of nitrogens with zero attached hydrogens (tertiary/aromatic N) is 3. The summed E-state index contributed by atoms with van der Waals surface area (Å²) in [6.45, 7) is 0. The van der Waals surface area contributed by atoms with Crippen molar-refractivity contribution in [2.24, 2.45) is 0 Å². The van der Waals surface area contributed by atoms with Gasteiger partial charge in [-0.05, 0) is 69.5 Å². The predicted octanol–water partition coefficient (Wildman–Crippen LogP) is 5.76. The normalized spacial score (nSPS) is 18.1. The minimum atomic E-state index is -0.465. The first kappa shape index (κ1) is 21.7. The maximum atomic E-state index is 13.8. The lowest BCUT2D eigenvalue weighted by Crippen LogP contribution is -2.32. The monoisotopic (exact) mass is 534 g/mol. The number of aromatic nitrogens is 3. The number of methoxy groups -OCH3 is 2. The highest BCUT2D eigenvalue weighted by molar-refractivity contribution is 9.10. The van der Waals surface area contributed by atoms with Gasteiger partial charge < -0.3 is 19.5 Å². The van der Waals surface area contributed by atoms with Crippen LogP contribution in [0.4, 0.5) is 10.3 Å². The van der Waals surface area contributed by atoms with Gasteiger partial charge in [-0.1, -0.05) is 18.2 Å². The molecule has 9 heteroatoms. The fourth-order valence-electron chi connectivity index (χ4n) is 4.66. The van der Waals surface area contributed by atoms with Crippen LogP contribution in [0.5, 0.6) is 17.2 Å². The molecule has 1 aromatic heterocycles. The number of hydrogen-bond acceptors (Lipinski definition) is 6. The van der Waals surface area contributed by atoms with Gasteiger partial charge in [0.25, 0.3) is 0 Å². The fraction of sp³-hybridized carbons (Fsp3) is 0.154. The second-order valence-corrected chi connectivity index (χ2v) is 9.05. The Kier molecular flexibility index (Phi) is 5.21. The molecule has 1 N–H and O–H groups in total. The SMILES string of the molecule is COc1ccc2c(c1)C1=C([C@H](c3ccc(OC)c(Br)c3)O2)[C@H](c2ccc(F)cc2)n2ncnc2N1. The van der Waals surface area contributed by atoms with Crippen molar-refractivity contribution in [3.8, 4) is 17.2 Å². The van der Waals surface area contributed by atoms with Crippen molar-refractivity contribution in [1.29, 1.82) is 0 Å². The highest BCUT2D eigenvalue weighted by Gasteiger charge is 2.41. The van der Waals surface area contributed by atoms with Crippen molar-refractivity contribution in [3.63, 3.8) is 0 Å². The summed E-state index contributed by atoms with van der Waals surface area (Å²) in [4.78, 5) is 4.43. The van der Waals surface area contributed by atoms with Crippen LogP contribution in [-0.2, 0) is 0 Å². The van der Waals surface area contributed by atoms with Crippen LogP contribution in [0.25, 0.3) is 5.70 Å². The molecule has 0 amide bonds. The number of fused-ring (bicyclic) bond motifs is 3. The summed E-state index contributed by atoms with van der Waals surface area (Å²) < 4.78 is 34.0. The highest BCUT2D eigenvalue weighted by Crippen LogP contribution is 2.51. The van der Waals surface area contributed by atoms with E-state index in [1.807, 2.05) is 36.4 Å². The summed E-state index contributed by atoms with van der Waals surface area (Å²) in [5.74, 6) is 2.42. The van der Waals surface area contributed by atoms with E-state index in [4.69, 9.17) is 14.2 Å². The summed E-state index contributed by atoms with van der Waals surface area (Å²) in [6, 6.07) is 17.6. The molecule has 0 aliphatic carbocycles. The molecular weight excluding hydrogens is 515 g/mol. The Labute approximate surface area is 209 Å². The van der Waals surface area contributed by atoms with Crippen molar-refractivity contribution in [2.75, 3.05) is 19.5 Å². The molecule has 0 spiro atoms. The van der Waals surface area contributed by atoms with Crippen molar-refractivity contribution in [3.05, 3.63) is 99.5 Å². The number of halogens is 2. The van der Waals surface area contributed by atoms with Gasteiger partial charge >= 0.3 is 0 Å². The standard InChI is InChI=1S/C26H20BrFN4O3/c1-33-17-8-10-20-18(12-17)23-22(25(35-20)15-5-9-21(34-2)19(27)11-15)24(14-3-6-16(28)7-4-14)32-26(31-23)29-13-30-32/h3-13,24-25H,1-2H3,(H,29,30,31)/t24-,25-/m0/s1. The van der Waals surface area contributed by atoms with Gasteiger partial charge in [0.1, 0.15) is 41.5 Å². The van der Waals surface area contributed by atoms with E-state index < -0.39 is 6.10 Å². The van der Waals surface area contributed by atoms with Gasteiger partial charge in [0.05, 0.1) is 24.4 Å². The van der Waals surface area contributed by atoms with Gasteiger partial charge in [-0.25, -0.2) is 9.07 Å². The number of anilines is 1. The highest BCUT2D eigenvalue weighted by atomic mass is 79.9. The van der Waals surface area contributed by atoms with E-state index in [1.165, 1.54) is 18.5 Å². The lowest BCUT2D eigenvalue weighted by atomic mass is 9.84. The topological polar surface area (TPSA) is 70.4 Å². The van der Waals surface area contributed by atoms with Crippen LogP contribution >= 0.6 is 15.9 Å². The molecule has 4 aromatic rings. The van der Waals surface area contributed by atoms with Crippen LogP contribution in [0.15, 0.2) is 77.0 Å². The van der Waals surface area contributed by atoms with E-state index in [1.54, 1.807) is 31.0 Å². The van der Waals surface area contributed by atoms with Gasteiger partial charge in [-0.3, -0.25) is 0 Å². The van der Waals surface area contributed by atoms with Gasteiger partial charge in [0.15, 0.2) is 0 Å². The van der Waals surface area contributed by atoms with Gasteiger partial charge in [-0.15, -0.1) is 0 Å². The van der Waals surface area contributed by atoms with Crippen molar-refractivity contribution in [2.45, 2.75) is 12.1 Å². The van der Waals surface area contributed by atoms with Crippen LogP contribution in [0.1, 0.15) is 28.8 Å². The van der Waals surface area contributed by atoms with Gasteiger partial charge in [0, 0.05) is 11.1 Å². The molecular formula is C26H20BrFN4O3. The third-order valence-corrected chi connectivity index (χ3v) is 6.91. The lowest BCUT2D eigenvalue weighted by molar-refractivity contribution is 0.222. The smallest absolute Gasteiger partial charge is 0.226 e. The molecule has 0 fully saturated rings. The number of benzene rings is 3. The Morgan fingerprint density at radius 3 is 2.54 bits per heavy atom. The summed E-state index contributed by atoms with van der Waals surface area (Å²) in [5.41, 5.74) is 4.41. The zero-order chi connectivity index (χ0) is 24.1. The van der Waals surface area contributed by atoms with Crippen LogP contribution in [0.2, 0.25) is 0 Å². The second kappa shape index (κ2) is 8.42. The van der Waals surface area contributed by atoms with E-state index in [2.05, 4.69) is 31.3 Å². The quantitative estimate of drug-likeness (QED) is 0.359. The number of ether oxygens (including phenoxy) is 3. The van der Waals surface area contributed by atoms with Crippen molar-refractivity contribution < 1.29 is 18.6 Å². The second-order valence-electron chi connectivity index (χ2n) is 8.19. The largest absolute Gasteiger partial charge is 0.497 e. The molecule has 0 radical (unpaired) electrons. The molecule has 35 heavy (non-hydrogen) atoms. The Balaban J connectivity index is 1.61. The lowest BCUT2D eigenvalue weighted by Gasteiger charge is -2.39. The molecule has 0 unspecified atom stereocenters. The fourth-order valence-corrected chi connectivity index (χ4v) is 5.22. The van der Waals surface area contributed by atoms with E-state index in [0.717, 1.165) is 38.2 Å². The zero-order valence-corrected chi connectivity index (χ0v) is 20.4. The maximum Gasteiger partial charge on any atom is 0.226 e. The molecule has 0 saturated heterocycles. The molecule has 0 saturated carbocycles. The summed E-state index contributed by atoms with van der Waals surface area (Å²) in [7, 11) is 3.26. The van der Waals surface area contributed by atoms with Crippen LogP contribution in [-0.4, -0.2) is 29.0 Å². The molecule has 3 aromatic carbocycles. The van der Waals surface area contributed by atoms with Gasteiger partial charge in [0.2, 0.25) is 5.95 Å². The Bertz CT molecular complexity index is 1470. The molecule has 2 aliphatic heterocycles. The van der Waals surface area contributed by atoms with Crippen molar-refractivity contribution in [1.82, 2.24) is 14.8 Å². The minimum absolute atomic E-state index is 0.304.